The molecule has 2 aliphatic heterocycles. The molecule has 1 amide bonds. The van der Waals surface area contributed by atoms with Crippen LogP contribution in [0, 0.1) is 0 Å². The van der Waals surface area contributed by atoms with Crippen LogP contribution in [-0.2, 0) is 16.1 Å². The van der Waals surface area contributed by atoms with E-state index in [0.717, 1.165) is 57.5 Å². The number of nitrogens with zero attached hydrogens (tertiary/aromatic N) is 2. The Labute approximate surface area is 137 Å². The van der Waals surface area contributed by atoms with Crippen LogP contribution in [0.1, 0.15) is 31.2 Å². The minimum absolute atomic E-state index is 0.191. The van der Waals surface area contributed by atoms with Gasteiger partial charge in [-0.2, -0.15) is 0 Å². The normalized spacial score (nSPS) is 21.3. The fraction of sp³-hybridized carbons (Fsp3) is 0.611. The number of phenolic OH excluding ortho intramolecular Hbond substituents is 1. The zero-order valence-electron chi connectivity index (χ0n) is 13.6. The Morgan fingerprint density at radius 2 is 2.04 bits per heavy atom. The van der Waals surface area contributed by atoms with E-state index in [9.17, 15) is 9.90 Å². The number of hydrogen-bond donors (Lipinski definition) is 1. The van der Waals surface area contributed by atoms with Crippen molar-refractivity contribution in [1.29, 1.82) is 0 Å². The van der Waals surface area contributed by atoms with E-state index in [1.165, 1.54) is 0 Å². The van der Waals surface area contributed by atoms with Gasteiger partial charge in [-0.05, 0) is 31.7 Å². The van der Waals surface area contributed by atoms with E-state index in [1.807, 2.05) is 23.1 Å². The number of hydrogen-bond acceptors (Lipinski definition) is 4. The Morgan fingerprint density at radius 1 is 1.26 bits per heavy atom. The number of benzene rings is 1. The Kier molecular flexibility index (Phi) is 5.51. The van der Waals surface area contributed by atoms with Crippen LogP contribution >= 0.6 is 0 Å². The van der Waals surface area contributed by atoms with Gasteiger partial charge in [0, 0.05) is 38.3 Å². The summed E-state index contributed by atoms with van der Waals surface area (Å²) in [7, 11) is 0. The van der Waals surface area contributed by atoms with Crippen LogP contribution in [0.2, 0.25) is 0 Å². The largest absolute Gasteiger partial charge is 0.508 e. The van der Waals surface area contributed by atoms with Gasteiger partial charge in [0.15, 0.2) is 0 Å². The van der Waals surface area contributed by atoms with Gasteiger partial charge in [0.05, 0.1) is 12.6 Å². The van der Waals surface area contributed by atoms with Crippen LogP contribution in [0.5, 0.6) is 5.75 Å². The summed E-state index contributed by atoms with van der Waals surface area (Å²) in [6, 6.07) is 7.35. The Balaban J connectivity index is 1.65. The van der Waals surface area contributed by atoms with Gasteiger partial charge in [-0.25, -0.2) is 0 Å². The maximum absolute atomic E-state index is 12.5. The zero-order valence-corrected chi connectivity index (χ0v) is 13.6. The summed E-state index contributed by atoms with van der Waals surface area (Å²) in [6.45, 7) is 4.29. The lowest BCUT2D eigenvalue weighted by atomic mass is 10.1. The van der Waals surface area contributed by atoms with E-state index in [4.69, 9.17) is 4.74 Å². The number of aromatic hydroxyl groups is 1. The van der Waals surface area contributed by atoms with Crippen molar-refractivity contribution < 1.29 is 14.6 Å². The van der Waals surface area contributed by atoms with E-state index in [0.29, 0.717) is 18.8 Å². The molecule has 1 N–H and O–H groups in total. The number of carbonyl (C=O) groups excluding carboxylic acids is 1. The van der Waals surface area contributed by atoms with Crippen LogP contribution in [0.4, 0.5) is 0 Å². The lowest BCUT2D eigenvalue weighted by Gasteiger charge is -2.27. The van der Waals surface area contributed by atoms with Crippen LogP contribution in [0.3, 0.4) is 0 Å². The number of para-hydroxylation sites is 1. The highest BCUT2D eigenvalue weighted by Gasteiger charge is 2.24. The molecule has 0 spiro atoms. The summed E-state index contributed by atoms with van der Waals surface area (Å²) < 4.78 is 5.73. The van der Waals surface area contributed by atoms with Crippen molar-refractivity contribution in [2.24, 2.45) is 0 Å². The SMILES string of the molecule is O=C(CN(Cc1ccccc1O)CC1CCCO1)N1CCCC1. The number of ether oxygens (including phenoxy) is 1. The van der Waals surface area contributed by atoms with Gasteiger partial charge in [-0.1, -0.05) is 18.2 Å². The molecule has 126 valence electrons. The van der Waals surface area contributed by atoms with Gasteiger partial charge in [0.2, 0.25) is 5.91 Å². The van der Waals surface area contributed by atoms with E-state index >= 15 is 0 Å². The van der Waals surface area contributed by atoms with Crippen LogP contribution < -0.4 is 0 Å². The molecular formula is C18H26N2O3. The fourth-order valence-corrected chi connectivity index (χ4v) is 3.40. The zero-order chi connectivity index (χ0) is 16.1. The predicted molar refractivity (Wildman–Crippen MR) is 88.2 cm³/mol. The number of carbonyl (C=O) groups is 1. The van der Waals surface area contributed by atoms with E-state index < -0.39 is 0 Å². The number of amides is 1. The summed E-state index contributed by atoms with van der Waals surface area (Å²) in [5.74, 6) is 0.481. The molecule has 0 aliphatic carbocycles. The molecule has 2 fully saturated rings. The number of phenols is 1. The Morgan fingerprint density at radius 3 is 2.74 bits per heavy atom. The lowest BCUT2D eigenvalue weighted by molar-refractivity contribution is -0.131. The smallest absolute Gasteiger partial charge is 0.236 e. The quantitative estimate of drug-likeness (QED) is 0.871. The van der Waals surface area contributed by atoms with Gasteiger partial charge in [-0.3, -0.25) is 9.69 Å². The predicted octanol–water partition coefficient (Wildman–Crippen LogP) is 2.00. The minimum atomic E-state index is 0.191. The van der Waals surface area contributed by atoms with Crippen molar-refractivity contribution in [3.8, 4) is 5.75 Å². The third kappa shape index (κ3) is 4.45. The van der Waals surface area contributed by atoms with E-state index in [1.54, 1.807) is 6.07 Å². The van der Waals surface area contributed by atoms with Crippen molar-refractivity contribution >= 4 is 5.91 Å². The molecular weight excluding hydrogens is 292 g/mol. The lowest BCUT2D eigenvalue weighted by Crippen LogP contribution is -2.41. The van der Waals surface area contributed by atoms with Crippen molar-refractivity contribution in [3.63, 3.8) is 0 Å². The first-order valence-electron chi connectivity index (χ1n) is 8.61. The molecule has 5 heteroatoms. The van der Waals surface area contributed by atoms with Gasteiger partial charge in [-0.15, -0.1) is 0 Å². The molecule has 1 aromatic rings. The van der Waals surface area contributed by atoms with Crippen molar-refractivity contribution in [2.75, 3.05) is 32.8 Å². The van der Waals surface area contributed by atoms with Crippen LogP contribution in [-0.4, -0.2) is 59.7 Å². The molecule has 0 bridgehead atoms. The minimum Gasteiger partial charge on any atom is -0.508 e. The van der Waals surface area contributed by atoms with E-state index in [-0.39, 0.29) is 12.0 Å². The molecule has 1 aromatic carbocycles. The standard InChI is InChI=1S/C18H26N2O3/c21-17-8-2-1-6-15(17)12-19(13-16-7-5-11-23-16)14-18(22)20-9-3-4-10-20/h1-2,6,8,16,21H,3-5,7,9-14H2. The third-order valence-electron chi connectivity index (χ3n) is 4.69. The van der Waals surface area contributed by atoms with Crippen LogP contribution in [0.25, 0.3) is 0 Å². The molecule has 23 heavy (non-hydrogen) atoms. The molecule has 0 saturated carbocycles. The average Bonchev–Trinajstić information content (AvgIpc) is 3.22. The van der Waals surface area contributed by atoms with Crippen molar-refractivity contribution in [2.45, 2.75) is 38.3 Å². The molecule has 2 aliphatic rings. The first kappa shape index (κ1) is 16.3. The first-order chi connectivity index (χ1) is 11.2. The van der Waals surface area contributed by atoms with Crippen LogP contribution in [0.15, 0.2) is 24.3 Å². The summed E-state index contributed by atoms with van der Waals surface area (Å²) in [6.07, 6.45) is 4.56. The van der Waals surface area contributed by atoms with Gasteiger partial charge in [0.25, 0.3) is 0 Å². The second-order valence-electron chi connectivity index (χ2n) is 6.52. The van der Waals surface area contributed by atoms with Gasteiger partial charge >= 0.3 is 0 Å². The molecule has 0 radical (unpaired) electrons. The van der Waals surface area contributed by atoms with Gasteiger partial charge < -0.3 is 14.7 Å². The number of rotatable bonds is 6. The second kappa shape index (κ2) is 7.79. The van der Waals surface area contributed by atoms with Gasteiger partial charge in [0.1, 0.15) is 5.75 Å². The fourth-order valence-electron chi connectivity index (χ4n) is 3.40. The monoisotopic (exact) mass is 318 g/mol. The third-order valence-corrected chi connectivity index (χ3v) is 4.69. The maximum Gasteiger partial charge on any atom is 0.236 e. The molecule has 1 atom stereocenters. The average molecular weight is 318 g/mol. The first-order valence-corrected chi connectivity index (χ1v) is 8.61. The molecule has 0 aromatic heterocycles. The topological polar surface area (TPSA) is 53.0 Å². The summed E-state index contributed by atoms with van der Waals surface area (Å²) >= 11 is 0. The molecule has 3 rings (SSSR count). The highest BCUT2D eigenvalue weighted by molar-refractivity contribution is 5.78. The van der Waals surface area contributed by atoms with E-state index in [2.05, 4.69) is 4.90 Å². The second-order valence-corrected chi connectivity index (χ2v) is 6.52. The summed E-state index contributed by atoms with van der Waals surface area (Å²) in [5, 5.41) is 10.0. The highest BCUT2D eigenvalue weighted by atomic mass is 16.5. The summed E-state index contributed by atoms with van der Waals surface area (Å²) in [5.41, 5.74) is 0.861. The highest BCUT2D eigenvalue weighted by Crippen LogP contribution is 2.20. The summed E-state index contributed by atoms with van der Waals surface area (Å²) in [4.78, 5) is 16.6. The molecule has 1 unspecified atom stereocenters. The molecule has 5 nitrogen and oxygen atoms in total. The Bertz CT molecular complexity index is 523. The maximum atomic E-state index is 12.5. The Hall–Kier alpha value is -1.59. The van der Waals surface area contributed by atoms with Crippen molar-refractivity contribution in [3.05, 3.63) is 29.8 Å². The number of likely N-dealkylation sites (tertiary alicyclic amines) is 1. The van der Waals surface area contributed by atoms with Crippen molar-refractivity contribution in [1.82, 2.24) is 9.80 Å². The molecule has 2 heterocycles. The molecule has 2 saturated heterocycles.